The third-order valence-corrected chi connectivity index (χ3v) is 5.88. The van der Waals surface area contributed by atoms with E-state index in [-0.39, 0.29) is 11.2 Å². The summed E-state index contributed by atoms with van der Waals surface area (Å²) in [6.07, 6.45) is 0. The van der Waals surface area contributed by atoms with E-state index in [0.29, 0.717) is 5.13 Å². The lowest BCUT2D eigenvalue weighted by atomic mass is 10.1. The predicted octanol–water partition coefficient (Wildman–Crippen LogP) is 5.02. The third-order valence-electron chi connectivity index (χ3n) is 3.85. The van der Waals surface area contributed by atoms with Gasteiger partial charge in [-0.15, -0.1) is 10.2 Å². The van der Waals surface area contributed by atoms with Crippen LogP contribution in [0.4, 0.5) is 16.5 Å². The van der Waals surface area contributed by atoms with E-state index < -0.39 is 0 Å². The van der Waals surface area contributed by atoms with Crippen molar-refractivity contribution in [1.82, 2.24) is 10.2 Å². The van der Waals surface area contributed by atoms with Gasteiger partial charge < -0.3 is 10.6 Å². The SMILES string of the molecule is Cc1ccc(Nc2nnc(S[C@H](C)C(=O)Nc3ccccc3)s2)cc1C. The highest BCUT2D eigenvalue weighted by Crippen LogP contribution is 2.31. The number of aromatic nitrogens is 2. The number of nitrogens with one attached hydrogen (secondary N) is 2. The minimum Gasteiger partial charge on any atom is -0.330 e. The number of anilines is 3. The standard InChI is InChI=1S/C19H20N4OS2/c1-12-9-10-16(11-13(12)2)21-18-22-23-19(26-18)25-14(3)17(24)20-15-7-5-4-6-8-15/h4-11,14H,1-3H3,(H,20,24)(H,21,22)/t14-/m1/s1. The average molecular weight is 385 g/mol. The smallest absolute Gasteiger partial charge is 0.237 e. The van der Waals surface area contributed by atoms with Crippen molar-refractivity contribution in [3.05, 3.63) is 59.7 Å². The third kappa shape index (κ3) is 4.83. The molecule has 0 bridgehead atoms. The summed E-state index contributed by atoms with van der Waals surface area (Å²) in [5.74, 6) is -0.0555. The molecule has 26 heavy (non-hydrogen) atoms. The van der Waals surface area contributed by atoms with Gasteiger partial charge in [0, 0.05) is 11.4 Å². The molecule has 0 saturated carbocycles. The maximum Gasteiger partial charge on any atom is 0.237 e. The van der Waals surface area contributed by atoms with Gasteiger partial charge in [0.25, 0.3) is 0 Å². The van der Waals surface area contributed by atoms with E-state index in [1.54, 1.807) is 0 Å². The van der Waals surface area contributed by atoms with E-state index >= 15 is 0 Å². The second kappa shape index (κ2) is 8.33. The van der Waals surface area contributed by atoms with Crippen molar-refractivity contribution in [2.45, 2.75) is 30.4 Å². The summed E-state index contributed by atoms with van der Waals surface area (Å²) in [5.41, 5.74) is 4.25. The normalized spacial score (nSPS) is 11.8. The summed E-state index contributed by atoms with van der Waals surface area (Å²) >= 11 is 2.84. The van der Waals surface area contributed by atoms with E-state index in [1.165, 1.54) is 34.2 Å². The summed E-state index contributed by atoms with van der Waals surface area (Å²) in [4.78, 5) is 12.3. The van der Waals surface area contributed by atoms with Crippen LogP contribution >= 0.6 is 23.1 Å². The zero-order chi connectivity index (χ0) is 18.5. The molecule has 134 valence electrons. The summed E-state index contributed by atoms with van der Waals surface area (Å²) in [6, 6.07) is 15.6. The van der Waals surface area contributed by atoms with Gasteiger partial charge in [-0.3, -0.25) is 4.79 Å². The van der Waals surface area contributed by atoms with Crippen LogP contribution in [0.2, 0.25) is 0 Å². The van der Waals surface area contributed by atoms with Crippen molar-refractivity contribution in [3.63, 3.8) is 0 Å². The molecule has 0 spiro atoms. The average Bonchev–Trinajstić information content (AvgIpc) is 3.06. The lowest BCUT2D eigenvalue weighted by Crippen LogP contribution is -2.22. The first-order chi connectivity index (χ1) is 12.5. The highest BCUT2D eigenvalue weighted by molar-refractivity contribution is 8.02. The molecule has 3 aromatic rings. The van der Waals surface area contributed by atoms with Crippen LogP contribution < -0.4 is 10.6 Å². The highest BCUT2D eigenvalue weighted by Gasteiger charge is 2.17. The van der Waals surface area contributed by atoms with E-state index in [1.807, 2.05) is 43.3 Å². The van der Waals surface area contributed by atoms with Gasteiger partial charge in [0.15, 0.2) is 4.34 Å². The van der Waals surface area contributed by atoms with Crippen molar-refractivity contribution >= 4 is 45.5 Å². The van der Waals surface area contributed by atoms with Gasteiger partial charge in [-0.2, -0.15) is 0 Å². The van der Waals surface area contributed by atoms with Crippen LogP contribution in [0.25, 0.3) is 0 Å². The molecule has 7 heteroatoms. The number of benzene rings is 2. The second-order valence-electron chi connectivity index (χ2n) is 5.91. The molecular weight excluding hydrogens is 364 g/mol. The van der Waals surface area contributed by atoms with Gasteiger partial charge in [0.2, 0.25) is 11.0 Å². The van der Waals surface area contributed by atoms with Gasteiger partial charge in [-0.05, 0) is 56.2 Å². The van der Waals surface area contributed by atoms with Crippen LogP contribution in [0.15, 0.2) is 52.9 Å². The van der Waals surface area contributed by atoms with Crippen LogP contribution in [0, 0.1) is 13.8 Å². The Morgan fingerprint density at radius 3 is 2.54 bits per heavy atom. The lowest BCUT2D eigenvalue weighted by molar-refractivity contribution is -0.115. The van der Waals surface area contributed by atoms with Gasteiger partial charge in [-0.1, -0.05) is 47.4 Å². The zero-order valence-electron chi connectivity index (χ0n) is 14.8. The molecule has 0 unspecified atom stereocenters. The summed E-state index contributed by atoms with van der Waals surface area (Å²) in [5, 5.41) is 15.0. The zero-order valence-corrected chi connectivity index (χ0v) is 16.4. The number of para-hydroxylation sites is 1. The molecule has 1 aromatic heterocycles. The maximum absolute atomic E-state index is 12.3. The number of thioether (sulfide) groups is 1. The Hall–Kier alpha value is -2.38. The summed E-state index contributed by atoms with van der Waals surface area (Å²) in [6.45, 7) is 6.02. The van der Waals surface area contributed by atoms with E-state index in [4.69, 9.17) is 0 Å². The number of aryl methyl sites for hydroxylation is 2. The molecule has 2 N–H and O–H groups in total. The van der Waals surface area contributed by atoms with Gasteiger partial charge in [-0.25, -0.2) is 0 Å². The fraction of sp³-hybridized carbons (Fsp3) is 0.211. The maximum atomic E-state index is 12.3. The first kappa shape index (κ1) is 18.4. The van der Waals surface area contributed by atoms with Crippen molar-refractivity contribution < 1.29 is 4.79 Å². The van der Waals surface area contributed by atoms with Crippen molar-refractivity contribution in [1.29, 1.82) is 0 Å². The Labute approximate surface area is 161 Å². The lowest BCUT2D eigenvalue weighted by Gasteiger charge is -2.09. The van der Waals surface area contributed by atoms with Crippen molar-refractivity contribution in [2.75, 3.05) is 10.6 Å². The molecule has 1 amide bonds. The first-order valence-corrected chi connectivity index (χ1v) is 9.91. The van der Waals surface area contributed by atoms with Crippen LogP contribution in [0.5, 0.6) is 0 Å². The van der Waals surface area contributed by atoms with Gasteiger partial charge in [0.05, 0.1) is 5.25 Å². The van der Waals surface area contributed by atoms with E-state index in [0.717, 1.165) is 15.7 Å². The van der Waals surface area contributed by atoms with Crippen LogP contribution in [0.3, 0.4) is 0 Å². The van der Waals surface area contributed by atoms with Crippen LogP contribution in [0.1, 0.15) is 18.1 Å². The number of hydrogen-bond acceptors (Lipinski definition) is 6. The highest BCUT2D eigenvalue weighted by atomic mass is 32.2. The molecule has 0 radical (unpaired) electrons. The number of rotatable bonds is 6. The van der Waals surface area contributed by atoms with Crippen LogP contribution in [-0.4, -0.2) is 21.4 Å². The Bertz CT molecular complexity index is 896. The molecule has 0 saturated heterocycles. The predicted molar refractivity (Wildman–Crippen MR) is 109 cm³/mol. The fourth-order valence-corrected chi connectivity index (χ4v) is 4.14. The van der Waals surface area contributed by atoms with E-state index in [2.05, 4.69) is 46.8 Å². The summed E-state index contributed by atoms with van der Waals surface area (Å²) in [7, 11) is 0. The fourth-order valence-electron chi connectivity index (χ4n) is 2.22. The van der Waals surface area contributed by atoms with E-state index in [9.17, 15) is 4.79 Å². The molecule has 0 aliphatic heterocycles. The second-order valence-corrected chi connectivity index (χ2v) is 8.48. The molecule has 1 heterocycles. The van der Waals surface area contributed by atoms with Crippen molar-refractivity contribution in [2.24, 2.45) is 0 Å². The molecule has 3 rings (SSSR count). The minimum absolute atomic E-state index is 0.0555. The summed E-state index contributed by atoms with van der Waals surface area (Å²) < 4.78 is 0.757. The number of hydrogen-bond donors (Lipinski definition) is 2. The Morgan fingerprint density at radius 1 is 1.04 bits per heavy atom. The van der Waals surface area contributed by atoms with Gasteiger partial charge >= 0.3 is 0 Å². The molecule has 5 nitrogen and oxygen atoms in total. The number of nitrogens with zero attached hydrogens (tertiary/aromatic N) is 2. The molecular formula is C19H20N4OS2. The number of carbonyl (C=O) groups is 1. The van der Waals surface area contributed by atoms with Crippen molar-refractivity contribution in [3.8, 4) is 0 Å². The quantitative estimate of drug-likeness (QED) is 0.584. The molecule has 2 aromatic carbocycles. The number of amides is 1. The molecule has 0 fully saturated rings. The molecule has 1 atom stereocenters. The Morgan fingerprint density at radius 2 is 1.81 bits per heavy atom. The Kier molecular flexibility index (Phi) is 5.90. The molecule has 0 aliphatic carbocycles. The Balaban J connectivity index is 1.58. The number of carbonyl (C=O) groups excluding carboxylic acids is 1. The van der Waals surface area contributed by atoms with Gasteiger partial charge in [0.1, 0.15) is 0 Å². The molecule has 0 aliphatic rings. The monoisotopic (exact) mass is 384 g/mol. The first-order valence-electron chi connectivity index (χ1n) is 8.21. The topological polar surface area (TPSA) is 66.9 Å². The minimum atomic E-state index is -0.266. The van der Waals surface area contributed by atoms with Crippen LogP contribution in [-0.2, 0) is 4.79 Å². The largest absolute Gasteiger partial charge is 0.330 e.